The highest BCUT2D eigenvalue weighted by molar-refractivity contribution is 5.92. The second-order valence-corrected chi connectivity index (χ2v) is 7.45. The smallest absolute Gasteiger partial charge is 0.269 e. The summed E-state index contributed by atoms with van der Waals surface area (Å²) in [4.78, 5) is 14.6. The highest BCUT2D eigenvalue weighted by Gasteiger charge is 2.52. The van der Waals surface area contributed by atoms with E-state index in [1.54, 1.807) is 24.0 Å². The topological polar surface area (TPSA) is 77.2 Å². The quantitative estimate of drug-likeness (QED) is 0.817. The summed E-state index contributed by atoms with van der Waals surface area (Å²) in [5, 5.41) is 11.3. The van der Waals surface area contributed by atoms with Crippen molar-refractivity contribution in [3.05, 3.63) is 35.9 Å². The first-order chi connectivity index (χ1) is 12.6. The number of likely N-dealkylation sites (tertiary alicyclic amines) is 1. The number of carbonyl (C=O) groups is 1. The number of rotatable bonds is 6. The summed E-state index contributed by atoms with van der Waals surface area (Å²) in [6, 6.07) is 1.73. The summed E-state index contributed by atoms with van der Waals surface area (Å²) in [5.41, 5.74) is 1.80. The van der Waals surface area contributed by atoms with Gasteiger partial charge in [-0.25, -0.2) is 0 Å². The van der Waals surface area contributed by atoms with Crippen molar-refractivity contribution < 1.29 is 9.53 Å². The third-order valence-electron chi connectivity index (χ3n) is 5.58. The molecule has 8 heteroatoms. The van der Waals surface area contributed by atoms with Crippen LogP contribution in [0.4, 0.5) is 0 Å². The molecule has 0 aliphatic carbocycles. The second-order valence-electron chi connectivity index (χ2n) is 7.45. The lowest BCUT2D eigenvalue weighted by Crippen LogP contribution is -2.64. The van der Waals surface area contributed by atoms with E-state index in [4.69, 9.17) is 4.74 Å². The Kier molecular flexibility index (Phi) is 4.54. The van der Waals surface area contributed by atoms with Gasteiger partial charge in [-0.15, -0.1) is 0 Å². The molecule has 8 nitrogen and oxygen atoms in total. The highest BCUT2D eigenvalue weighted by atomic mass is 16.5. The molecule has 0 bridgehead atoms. The van der Waals surface area contributed by atoms with E-state index in [9.17, 15) is 4.79 Å². The van der Waals surface area contributed by atoms with Gasteiger partial charge in [-0.3, -0.25) is 19.1 Å². The van der Waals surface area contributed by atoms with Gasteiger partial charge in [-0.05, 0) is 24.8 Å². The maximum absolute atomic E-state index is 12.2. The van der Waals surface area contributed by atoms with Crippen LogP contribution >= 0.6 is 0 Å². The van der Waals surface area contributed by atoms with Gasteiger partial charge in [0, 0.05) is 64.8 Å². The Morgan fingerprint density at radius 2 is 2.23 bits per heavy atom. The van der Waals surface area contributed by atoms with Gasteiger partial charge in [0.1, 0.15) is 5.69 Å². The van der Waals surface area contributed by atoms with Crippen molar-refractivity contribution in [1.82, 2.24) is 29.8 Å². The maximum Gasteiger partial charge on any atom is 0.269 e. The fraction of sp³-hybridized carbons (Fsp3) is 0.611. The molecule has 1 unspecified atom stereocenters. The van der Waals surface area contributed by atoms with E-state index in [2.05, 4.69) is 26.6 Å². The minimum Gasteiger partial charge on any atom is -0.372 e. The maximum atomic E-state index is 12.2. The summed E-state index contributed by atoms with van der Waals surface area (Å²) >= 11 is 0. The Balaban J connectivity index is 1.25. The van der Waals surface area contributed by atoms with Crippen molar-refractivity contribution in [2.45, 2.75) is 25.0 Å². The minimum atomic E-state index is -0.0650. The van der Waals surface area contributed by atoms with Crippen LogP contribution in [0.3, 0.4) is 0 Å². The molecule has 2 aliphatic heterocycles. The minimum absolute atomic E-state index is 0.0283. The first-order valence-corrected chi connectivity index (χ1v) is 9.16. The Labute approximate surface area is 153 Å². The lowest BCUT2D eigenvalue weighted by molar-refractivity contribution is -0.136. The number of hydrogen-bond donors (Lipinski definition) is 1. The first-order valence-electron chi connectivity index (χ1n) is 9.16. The average Bonchev–Trinajstić information content (AvgIpc) is 3.28. The molecule has 2 saturated heterocycles. The number of nitrogens with zero attached hydrogens (tertiary/aromatic N) is 5. The monoisotopic (exact) mass is 358 g/mol. The van der Waals surface area contributed by atoms with Crippen LogP contribution in [0.5, 0.6) is 0 Å². The molecule has 140 valence electrons. The van der Waals surface area contributed by atoms with Crippen molar-refractivity contribution in [2.24, 2.45) is 20.0 Å². The van der Waals surface area contributed by atoms with Crippen LogP contribution in [-0.2, 0) is 25.4 Å². The molecular weight excluding hydrogens is 332 g/mol. The summed E-state index contributed by atoms with van der Waals surface area (Å²) in [7, 11) is 3.72. The van der Waals surface area contributed by atoms with Gasteiger partial charge in [0.25, 0.3) is 5.91 Å². The molecule has 0 saturated carbocycles. The Morgan fingerprint density at radius 1 is 1.38 bits per heavy atom. The van der Waals surface area contributed by atoms with Crippen LogP contribution in [-0.4, -0.2) is 62.2 Å². The number of carbonyl (C=O) groups excluding carboxylic acids is 1. The van der Waals surface area contributed by atoms with Crippen LogP contribution in [0.2, 0.25) is 0 Å². The lowest BCUT2D eigenvalue weighted by Gasteiger charge is -2.50. The molecular formula is C18H26N6O2. The van der Waals surface area contributed by atoms with Gasteiger partial charge in [0.05, 0.1) is 11.8 Å². The van der Waals surface area contributed by atoms with E-state index >= 15 is 0 Å². The van der Waals surface area contributed by atoms with Crippen molar-refractivity contribution in [1.29, 1.82) is 0 Å². The molecule has 2 aromatic heterocycles. The Hall–Kier alpha value is -2.19. The van der Waals surface area contributed by atoms with E-state index in [1.165, 1.54) is 5.56 Å². The zero-order valence-electron chi connectivity index (χ0n) is 15.4. The van der Waals surface area contributed by atoms with Crippen molar-refractivity contribution in [2.75, 3.05) is 26.2 Å². The van der Waals surface area contributed by atoms with Gasteiger partial charge >= 0.3 is 0 Å². The molecule has 2 aromatic rings. The number of aryl methyl sites for hydroxylation is 2. The fourth-order valence-electron chi connectivity index (χ4n) is 4.22. The van der Waals surface area contributed by atoms with Gasteiger partial charge < -0.3 is 10.1 Å². The van der Waals surface area contributed by atoms with Crippen molar-refractivity contribution in [3.63, 3.8) is 0 Å². The molecule has 1 atom stereocenters. The first kappa shape index (κ1) is 17.2. The van der Waals surface area contributed by atoms with Crippen LogP contribution in [0.25, 0.3) is 0 Å². The van der Waals surface area contributed by atoms with Gasteiger partial charge in [0.2, 0.25) is 0 Å². The molecule has 2 aliphatic rings. The molecule has 2 fully saturated rings. The van der Waals surface area contributed by atoms with Gasteiger partial charge in [-0.1, -0.05) is 0 Å². The molecule has 0 aromatic carbocycles. The summed E-state index contributed by atoms with van der Waals surface area (Å²) in [6.45, 7) is 4.33. The molecule has 1 amide bonds. The Morgan fingerprint density at radius 3 is 2.92 bits per heavy atom. The summed E-state index contributed by atoms with van der Waals surface area (Å²) in [6.07, 6.45) is 7.64. The predicted molar refractivity (Wildman–Crippen MR) is 95.4 cm³/mol. The third-order valence-corrected chi connectivity index (χ3v) is 5.58. The number of ether oxygens (including phenoxy) is 1. The van der Waals surface area contributed by atoms with Crippen LogP contribution in [0.1, 0.15) is 28.9 Å². The zero-order valence-corrected chi connectivity index (χ0v) is 15.4. The van der Waals surface area contributed by atoms with E-state index in [-0.39, 0.29) is 11.5 Å². The fourth-order valence-corrected chi connectivity index (χ4v) is 4.22. The van der Waals surface area contributed by atoms with E-state index in [1.807, 2.05) is 17.9 Å². The van der Waals surface area contributed by atoms with Crippen molar-refractivity contribution in [3.8, 4) is 0 Å². The van der Waals surface area contributed by atoms with E-state index < -0.39 is 0 Å². The third kappa shape index (κ3) is 3.26. The summed E-state index contributed by atoms with van der Waals surface area (Å²) in [5.74, 6) is 0.435. The average molecular weight is 358 g/mol. The van der Waals surface area contributed by atoms with E-state index in [0.717, 1.165) is 39.1 Å². The zero-order chi connectivity index (χ0) is 18.1. The predicted octanol–water partition coefficient (Wildman–Crippen LogP) is 0.565. The molecule has 0 radical (unpaired) electrons. The van der Waals surface area contributed by atoms with Gasteiger partial charge in [-0.2, -0.15) is 10.2 Å². The highest BCUT2D eigenvalue weighted by Crippen LogP contribution is 2.41. The Bertz CT molecular complexity index is 776. The second kappa shape index (κ2) is 6.85. The number of aromatic nitrogens is 4. The number of amides is 1. The number of hydrogen-bond acceptors (Lipinski definition) is 5. The van der Waals surface area contributed by atoms with Crippen molar-refractivity contribution >= 4 is 5.91 Å². The van der Waals surface area contributed by atoms with Crippen LogP contribution < -0.4 is 5.32 Å². The molecule has 4 heterocycles. The lowest BCUT2D eigenvalue weighted by atomic mass is 9.79. The molecule has 1 spiro atoms. The normalized spacial score (nSPS) is 21.8. The standard InChI is InChI=1S/C18H26N6O2/c1-22-10-14(9-21-22)11-24-12-18(13-24)15(5-8-26-18)3-6-19-17(25)16-4-7-20-23(16)2/h4,7,9-10,15H,3,5-6,8,11-13H2,1-2H3,(H,19,25). The molecule has 26 heavy (non-hydrogen) atoms. The SMILES string of the molecule is Cn1cc(CN2CC3(C2)OCCC3CCNC(=O)c2ccnn2C)cn1. The van der Waals surface area contributed by atoms with Gasteiger partial charge in [0.15, 0.2) is 0 Å². The molecule has 4 rings (SSSR count). The van der Waals surface area contributed by atoms with Crippen LogP contribution in [0, 0.1) is 5.92 Å². The molecule has 1 N–H and O–H groups in total. The summed E-state index contributed by atoms with van der Waals surface area (Å²) < 4.78 is 9.55. The number of nitrogens with one attached hydrogen (secondary N) is 1. The van der Waals surface area contributed by atoms with E-state index in [0.29, 0.717) is 18.2 Å². The largest absolute Gasteiger partial charge is 0.372 e. The van der Waals surface area contributed by atoms with Crippen LogP contribution in [0.15, 0.2) is 24.7 Å².